The number of rotatable bonds is 6. The second-order valence-corrected chi connectivity index (χ2v) is 11.2. The molecule has 182 valence electrons. The minimum atomic E-state index is -1.41. The fraction of sp³-hybridized carbons (Fsp3) is 0.643. The number of carbonyl (C=O) groups is 2. The Bertz CT molecular complexity index is 892. The van der Waals surface area contributed by atoms with Crippen LogP contribution >= 0.6 is 0 Å². The van der Waals surface area contributed by atoms with Crippen molar-refractivity contribution in [1.82, 2.24) is 0 Å². The van der Waals surface area contributed by atoms with Crippen molar-refractivity contribution in [3.8, 4) is 0 Å². The van der Waals surface area contributed by atoms with Crippen LogP contribution in [0.4, 0.5) is 0 Å². The molecular weight excluding hydrogens is 416 g/mol. The first kappa shape index (κ1) is 25.6. The van der Waals surface area contributed by atoms with Gasteiger partial charge >= 0.3 is 5.97 Å². The van der Waals surface area contributed by atoms with E-state index in [1.54, 1.807) is 0 Å². The molecular formula is C28H40O5. The van der Waals surface area contributed by atoms with Crippen LogP contribution in [0.25, 0.3) is 0 Å². The van der Waals surface area contributed by atoms with Gasteiger partial charge in [0.1, 0.15) is 5.41 Å². The predicted octanol–water partition coefficient (Wildman–Crippen LogP) is 5.00. The Morgan fingerprint density at radius 3 is 2.58 bits per heavy atom. The Hall–Kier alpha value is -1.98. The van der Waals surface area contributed by atoms with Crippen molar-refractivity contribution in [3.05, 3.63) is 47.6 Å². The van der Waals surface area contributed by atoms with Gasteiger partial charge in [0.05, 0.1) is 12.2 Å². The third kappa shape index (κ3) is 5.09. The fourth-order valence-electron chi connectivity index (χ4n) is 6.30. The van der Waals surface area contributed by atoms with Crippen LogP contribution in [-0.4, -0.2) is 39.3 Å². The summed E-state index contributed by atoms with van der Waals surface area (Å²) in [4.78, 5) is 23.8. The summed E-state index contributed by atoms with van der Waals surface area (Å²) in [5.41, 5.74) is 1.82. The summed E-state index contributed by atoms with van der Waals surface area (Å²) < 4.78 is 0. The number of aliphatic carboxylic acids is 1. The molecule has 3 rings (SSSR count). The highest BCUT2D eigenvalue weighted by Gasteiger charge is 2.50. The molecule has 0 aliphatic heterocycles. The topological polar surface area (TPSA) is 94.8 Å². The summed E-state index contributed by atoms with van der Waals surface area (Å²) in [7, 11) is 0. The zero-order valence-corrected chi connectivity index (χ0v) is 20.5. The summed E-state index contributed by atoms with van der Waals surface area (Å²) in [6.07, 6.45) is 12.9. The minimum Gasteiger partial charge on any atom is -0.481 e. The van der Waals surface area contributed by atoms with Crippen LogP contribution in [0.3, 0.4) is 0 Å². The molecule has 5 heteroatoms. The van der Waals surface area contributed by atoms with E-state index in [1.807, 2.05) is 6.08 Å². The van der Waals surface area contributed by atoms with E-state index in [4.69, 9.17) is 0 Å². The van der Waals surface area contributed by atoms with Crippen LogP contribution in [0.5, 0.6) is 0 Å². The number of fused-ring (bicyclic) bond motifs is 1. The molecule has 0 heterocycles. The van der Waals surface area contributed by atoms with E-state index >= 15 is 0 Å². The molecule has 3 aliphatic carbocycles. The first-order chi connectivity index (χ1) is 15.4. The van der Waals surface area contributed by atoms with Gasteiger partial charge in [0.2, 0.25) is 0 Å². The van der Waals surface area contributed by atoms with Gasteiger partial charge in [-0.3, -0.25) is 9.59 Å². The normalized spacial score (nSPS) is 36.4. The smallest absolute Gasteiger partial charge is 0.316 e. The molecule has 5 nitrogen and oxygen atoms in total. The van der Waals surface area contributed by atoms with Gasteiger partial charge in [-0.2, -0.15) is 0 Å². The van der Waals surface area contributed by atoms with E-state index in [2.05, 4.69) is 32.6 Å². The van der Waals surface area contributed by atoms with Crippen LogP contribution in [0.2, 0.25) is 0 Å². The number of allylic oxidation sites excluding steroid dienone is 5. The van der Waals surface area contributed by atoms with Crippen LogP contribution in [0.1, 0.15) is 72.6 Å². The summed E-state index contributed by atoms with van der Waals surface area (Å²) in [6.45, 7) is 11.4. The van der Waals surface area contributed by atoms with Gasteiger partial charge in [-0.25, -0.2) is 0 Å². The minimum absolute atomic E-state index is 0.139. The average molecular weight is 457 g/mol. The highest BCUT2D eigenvalue weighted by molar-refractivity contribution is 6.07. The Morgan fingerprint density at radius 2 is 1.91 bits per heavy atom. The predicted molar refractivity (Wildman–Crippen MR) is 129 cm³/mol. The van der Waals surface area contributed by atoms with Crippen LogP contribution in [0, 0.1) is 28.6 Å². The highest BCUT2D eigenvalue weighted by atomic mass is 16.4. The monoisotopic (exact) mass is 456 g/mol. The van der Waals surface area contributed by atoms with Crippen molar-refractivity contribution < 1.29 is 24.9 Å². The van der Waals surface area contributed by atoms with Crippen molar-refractivity contribution in [3.63, 3.8) is 0 Å². The van der Waals surface area contributed by atoms with E-state index < -0.39 is 23.6 Å². The van der Waals surface area contributed by atoms with Gasteiger partial charge in [0, 0.05) is 6.42 Å². The van der Waals surface area contributed by atoms with Gasteiger partial charge in [0.15, 0.2) is 5.78 Å². The third-order valence-corrected chi connectivity index (χ3v) is 8.64. The van der Waals surface area contributed by atoms with Crippen molar-refractivity contribution >= 4 is 11.8 Å². The quantitative estimate of drug-likeness (QED) is 0.386. The molecule has 3 aliphatic rings. The lowest BCUT2D eigenvalue weighted by atomic mass is 9.61. The largest absolute Gasteiger partial charge is 0.481 e. The van der Waals surface area contributed by atoms with Crippen molar-refractivity contribution in [1.29, 1.82) is 0 Å². The molecule has 0 radical (unpaired) electrons. The van der Waals surface area contributed by atoms with Crippen molar-refractivity contribution in [2.24, 2.45) is 28.6 Å². The first-order valence-electron chi connectivity index (χ1n) is 12.3. The van der Waals surface area contributed by atoms with Gasteiger partial charge in [0.25, 0.3) is 0 Å². The van der Waals surface area contributed by atoms with Crippen molar-refractivity contribution in [2.75, 3.05) is 0 Å². The zero-order valence-electron chi connectivity index (χ0n) is 20.5. The van der Waals surface area contributed by atoms with E-state index in [9.17, 15) is 24.9 Å². The maximum absolute atomic E-state index is 12.4. The molecule has 0 aromatic heterocycles. The molecule has 3 saturated carbocycles. The number of carbonyl (C=O) groups excluding carboxylic acids is 1. The molecule has 0 amide bonds. The molecule has 3 N–H and O–H groups in total. The van der Waals surface area contributed by atoms with E-state index in [0.29, 0.717) is 30.3 Å². The van der Waals surface area contributed by atoms with E-state index in [1.165, 1.54) is 25.5 Å². The Kier molecular flexibility index (Phi) is 7.55. The van der Waals surface area contributed by atoms with Crippen molar-refractivity contribution in [2.45, 2.75) is 84.8 Å². The van der Waals surface area contributed by atoms with E-state index in [0.717, 1.165) is 37.7 Å². The molecule has 0 bridgehead atoms. The number of hydrogen-bond acceptors (Lipinski definition) is 4. The molecule has 0 spiro atoms. The maximum Gasteiger partial charge on any atom is 0.316 e. The number of carboxylic acid groups (broad SMARTS) is 1. The highest BCUT2D eigenvalue weighted by Crippen LogP contribution is 2.59. The lowest BCUT2D eigenvalue weighted by Crippen LogP contribution is -2.36. The van der Waals surface area contributed by atoms with Gasteiger partial charge in [-0.1, -0.05) is 44.2 Å². The number of hydrogen-bond donors (Lipinski definition) is 3. The molecule has 33 heavy (non-hydrogen) atoms. The van der Waals surface area contributed by atoms with Crippen LogP contribution < -0.4 is 0 Å². The van der Waals surface area contributed by atoms with Crippen LogP contribution in [-0.2, 0) is 9.59 Å². The Balaban J connectivity index is 1.76. The summed E-state index contributed by atoms with van der Waals surface area (Å²) in [5.74, 6) is -0.371. The van der Waals surface area contributed by atoms with Crippen LogP contribution in [0.15, 0.2) is 47.6 Å². The number of aliphatic hydroxyl groups excluding tert-OH is 2. The standard InChI is InChI=1S/C28H40O5/c1-17(8-13-25(31)27(3,4)26(32)33)22-11-12-23-19(7-6-14-28(22,23)5)9-10-20-15-21(29)16-24(30)18(20)2/h8-10,13,17,21-24,29-30H,2,6-7,11-12,14-16H2,1,3-5H3,(H,32,33)/t17-,21-,22-,23+,24+,28-/m1/s1. The molecule has 0 unspecified atom stereocenters. The average Bonchev–Trinajstić information content (AvgIpc) is 3.10. The second-order valence-electron chi connectivity index (χ2n) is 11.2. The lowest BCUT2D eigenvalue weighted by Gasteiger charge is -2.44. The third-order valence-electron chi connectivity index (χ3n) is 8.64. The van der Waals surface area contributed by atoms with Gasteiger partial charge in [-0.05, 0) is 92.8 Å². The Morgan fingerprint density at radius 1 is 1.21 bits per heavy atom. The number of carboxylic acids is 1. The molecule has 3 fully saturated rings. The maximum atomic E-state index is 12.4. The summed E-state index contributed by atoms with van der Waals surface area (Å²) in [6, 6.07) is 0. The molecule has 6 atom stereocenters. The second kappa shape index (κ2) is 9.71. The number of aliphatic hydroxyl groups is 2. The zero-order chi connectivity index (χ0) is 24.6. The fourth-order valence-corrected chi connectivity index (χ4v) is 6.30. The first-order valence-corrected chi connectivity index (χ1v) is 12.3. The van der Waals surface area contributed by atoms with E-state index in [-0.39, 0.29) is 17.1 Å². The number of ketones is 1. The summed E-state index contributed by atoms with van der Waals surface area (Å²) >= 11 is 0. The molecule has 0 aromatic carbocycles. The molecule has 0 aromatic rings. The SMILES string of the molecule is C=C1C(=CC=C2CCC[C@]3(C)[C@@H]([C@H](C)C=CC(=O)C(C)(C)C(=O)O)CC[C@@H]23)C[C@@H](O)C[C@@H]1O. The van der Waals surface area contributed by atoms with Gasteiger partial charge in [-0.15, -0.1) is 0 Å². The lowest BCUT2D eigenvalue weighted by molar-refractivity contribution is -0.151. The molecule has 0 saturated heterocycles. The Labute approximate surface area is 198 Å². The summed E-state index contributed by atoms with van der Waals surface area (Å²) in [5, 5.41) is 29.5. The van der Waals surface area contributed by atoms with Gasteiger partial charge < -0.3 is 15.3 Å².